The van der Waals surface area contributed by atoms with Crippen LogP contribution in [0.25, 0.3) is 17.2 Å². The zero-order valence-corrected chi connectivity index (χ0v) is 17.7. The van der Waals surface area contributed by atoms with Gasteiger partial charge in [0.15, 0.2) is 0 Å². The predicted octanol–water partition coefficient (Wildman–Crippen LogP) is 3.22. The SMILES string of the molecule is CCc1sc(C(=O)NC2C(N)CCCC2(F)F)cc1-c1cnn2c1C=CN(OC)C2. The van der Waals surface area contributed by atoms with Crippen molar-refractivity contribution in [3.05, 3.63) is 33.9 Å². The number of rotatable bonds is 5. The number of halogens is 2. The summed E-state index contributed by atoms with van der Waals surface area (Å²) >= 11 is 1.32. The van der Waals surface area contributed by atoms with E-state index in [0.717, 1.165) is 21.7 Å². The number of nitrogens with two attached hydrogens (primary N) is 1. The van der Waals surface area contributed by atoms with E-state index in [1.165, 1.54) is 11.3 Å². The molecule has 0 aromatic carbocycles. The Morgan fingerprint density at radius 3 is 2.97 bits per heavy atom. The summed E-state index contributed by atoms with van der Waals surface area (Å²) < 4.78 is 30.4. The standard InChI is InChI=1S/C20H25F2N5O2S/c1-3-16-12(13-10-24-27-11-26(29-2)8-6-15(13)27)9-17(30-16)19(28)25-18-14(23)5-4-7-20(18,21)22/h6,8-10,14,18H,3-5,7,11,23H2,1-2H3,(H,25,28). The summed E-state index contributed by atoms with van der Waals surface area (Å²) in [7, 11) is 1.58. The van der Waals surface area contributed by atoms with Crippen molar-refractivity contribution >= 4 is 23.3 Å². The van der Waals surface area contributed by atoms with Gasteiger partial charge in [0.1, 0.15) is 12.7 Å². The fraction of sp³-hybridized carbons (Fsp3) is 0.500. The van der Waals surface area contributed by atoms with E-state index in [4.69, 9.17) is 10.6 Å². The normalized spacial score (nSPS) is 22.8. The van der Waals surface area contributed by atoms with E-state index in [1.807, 2.05) is 19.2 Å². The number of nitrogens with one attached hydrogen (secondary N) is 1. The molecular formula is C20H25F2N5O2S. The summed E-state index contributed by atoms with van der Waals surface area (Å²) in [5.74, 6) is -3.50. The predicted molar refractivity (Wildman–Crippen MR) is 111 cm³/mol. The Hall–Kier alpha value is -2.30. The number of carbonyl (C=O) groups is 1. The summed E-state index contributed by atoms with van der Waals surface area (Å²) in [4.78, 5) is 19.4. The first-order valence-electron chi connectivity index (χ1n) is 9.96. The van der Waals surface area contributed by atoms with Crippen LogP contribution in [0.5, 0.6) is 0 Å². The second-order valence-electron chi connectivity index (χ2n) is 7.57. The lowest BCUT2D eigenvalue weighted by atomic mass is 9.87. The maximum absolute atomic E-state index is 14.3. The van der Waals surface area contributed by atoms with Crippen LogP contribution in [0.4, 0.5) is 8.78 Å². The summed E-state index contributed by atoms with van der Waals surface area (Å²) in [5.41, 5.74) is 8.59. The summed E-state index contributed by atoms with van der Waals surface area (Å²) in [6.45, 7) is 2.45. The van der Waals surface area contributed by atoms with E-state index in [1.54, 1.807) is 29.1 Å². The molecule has 2 aliphatic rings. The van der Waals surface area contributed by atoms with Gasteiger partial charge in [-0.05, 0) is 31.4 Å². The number of aryl methyl sites for hydroxylation is 1. The van der Waals surface area contributed by atoms with Gasteiger partial charge in [0.25, 0.3) is 11.8 Å². The minimum atomic E-state index is -3.00. The maximum atomic E-state index is 14.3. The summed E-state index contributed by atoms with van der Waals surface area (Å²) in [6, 6.07) is -0.333. The third-order valence-electron chi connectivity index (χ3n) is 5.65. The molecule has 3 heterocycles. The van der Waals surface area contributed by atoms with E-state index >= 15 is 0 Å². The van der Waals surface area contributed by atoms with Gasteiger partial charge < -0.3 is 11.1 Å². The highest BCUT2D eigenvalue weighted by Crippen LogP contribution is 2.37. The maximum Gasteiger partial charge on any atom is 0.269 e. The molecule has 0 spiro atoms. The number of hydrogen-bond acceptors (Lipinski definition) is 6. The number of fused-ring (bicyclic) bond motifs is 1. The molecule has 1 aliphatic carbocycles. The van der Waals surface area contributed by atoms with Crippen LogP contribution in [0.1, 0.15) is 46.4 Å². The van der Waals surface area contributed by atoms with E-state index in [-0.39, 0.29) is 6.42 Å². The lowest BCUT2D eigenvalue weighted by molar-refractivity contribution is -0.114. The largest absolute Gasteiger partial charge is 0.341 e. The fourth-order valence-corrected chi connectivity index (χ4v) is 5.02. The Morgan fingerprint density at radius 2 is 2.27 bits per heavy atom. The van der Waals surface area contributed by atoms with E-state index < -0.39 is 23.9 Å². The summed E-state index contributed by atoms with van der Waals surface area (Å²) in [5, 5.41) is 8.56. The number of thiophene rings is 1. The zero-order valence-electron chi connectivity index (χ0n) is 16.9. The van der Waals surface area contributed by atoms with Crippen LogP contribution in [0, 0.1) is 0 Å². The van der Waals surface area contributed by atoms with Gasteiger partial charge in [0.2, 0.25) is 0 Å². The zero-order chi connectivity index (χ0) is 21.5. The van der Waals surface area contributed by atoms with Crippen LogP contribution in [-0.4, -0.2) is 45.9 Å². The van der Waals surface area contributed by atoms with Gasteiger partial charge in [-0.25, -0.2) is 18.5 Å². The Balaban J connectivity index is 1.61. The molecule has 4 rings (SSSR count). The fourth-order valence-electron chi connectivity index (χ4n) is 4.01. The smallest absolute Gasteiger partial charge is 0.269 e. The lowest BCUT2D eigenvalue weighted by Gasteiger charge is -2.36. The Kier molecular flexibility index (Phi) is 5.65. The molecule has 2 unspecified atom stereocenters. The first kappa shape index (κ1) is 21.0. The molecule has 0 bridgehead atoms. The van der Waals surface area contributed by atoms with Crippen molar-refractivity contribution in [2.45, 2.75) is 57.3 Å². The highest BCUT2D eigenvalue weighted by molar-refractivity contribution is 7.14. The topological polar surface area (TPSA) is 85.4 Å². The molecule has 10 heteroatoms. The first-order chi connectivity index (χ1) is 14.3. The van der Waals surface area contributed by atoms with Gasteiger partial charge in [0, 0.05) is 34.7 Å². The van der Waals surface area contributed by atoms with Gasteiger partial charge in [-0.1, -0.05) is 6.92 Å². The molecule has 2 aromatic heterocycles. The van der Waals surface area contributed by atoms with Gasteiger partial charge in [-0.15, -0.1) is 11.3 Å². The highest BCUT2D eigenvalue weighted by atomic mass is 32.1. The van der Waals surface area contributed by atoms with Crippen LogP contribution in [0.2, 0.25) is 0 Å². The molecule has 30 heavy (non-hydrogen) atoms. The van der Waals surface area contributed by atoms with Crippen LogP contribution >= 0.6 is 11.3 Å². The molecule has 0 saturated heterocycles. The van der Waals surface area contributed by atoms with Crippen LogP contribution in [0.15, 0.2) is 18.5 Å². The number of carbonyl (C=O) groups excluding carboxylic acids is 1. The van der Waals surface area contributed by atoms with Crippen LogP contribution < -0.4 is 11.1 Å². The number of aromatic nitrogens is 2. The number of alkyl halides is 2. The summed E-state index contributed by atoms with van der Waals surface area (Å²) in [6.07, 6.45) is 6.77. The van der Waals surface area contributed by atoms with Crippen molar-refractivity contribution in [3.8, 4) is 11.1 Å². The van der Waals surface area contributed by atoms with Gasteiger partial charge >= 0.3 is 0 Å². The quantitative estimate of drug-likeness (QED) is 0.750. The Morgan fingerprint density at radius 1 is 1.47 bits per heavy atom. The minimum absolute atomic E-state index is 0.255. The minimum Gasteiger partial charge on any atom is -0.341 e. The van der Waals surface area contributed by atoms with Crippen molar-refractivity contribution in [3.63, 3.8) is 0 Å². The Labute approximate surface area is 177 Å². The van der Waals surface area contributed by atoms with Gasteiger partial charge in [-0.2, -0.15) is 5.10 Å². The molecule has 0 radical (unpaired) electrons. The van der Waals surface area contributed by atoms with Crippen molar-refractivity contribution < 1.29 is 18.4 Å². The number of hydrogen-bond donors (Lipinski definition) is 2. The lowest BCUT2D eigenvalue weighted by Crippen LogP contribution is -2.59. The van der Waals surface area contributed by atoms with E-state index in [9.17, 15) is 13.6 Å². The molecule has 1 saturated carbocycles. The molecule has 2 aromatic rings. The number of nitrogens with zero attached hydrogens (tertiary/aromatic N) is 3. The first-order valence-corrected chi connectivity index (χ1v) is 10.8. The molecule has 1 amide bonds. The second kappa shape index (κ2) is 8.09. The monoisotopic (exact) mass is 437 g/mol. The molecular weight excluding hydrogens is 412 g/mol. The number of hydroxylamine groups is 2. The van der Waals surface area contributed by atoms with Gasteiger partial charge in [-0.3, -0.25) is 9.63 Å². The van der Waals surface area contributed by atoms with Gasteiger partial charge in [0.05, 0.1) is 23.9 Å². The molecule has 3 N–H and O–H groups in total. The molecule has 2 atom stereocenters. The third kappa shape index (κ3) is 3.75. The van der Waals surface area contributed by atoms with Crippen molar-refractivity contribution in [1.29, 1.82) is 0 Å². The second-order valence-corrected chi connectivity index (χ2v) is 8.71. The van der Waals surface area contributed by atoms with Crippen LogP contribution in [0.3, 0.4) is 0 Å². The average Bonchev–Trinajstić information content (AvgIpc) is 3.33. The highest BCUT2D eigenvalue weighted by Gasteiger charge is 2.46. The Bertz CT molecular complexity index is 971. The molecule has 1 fully saturated rings. The van der Waals surface area contributed by atoms with Crippen LogP contribution in [-0.2, 0) is 17.9 Å². The molecule has 7 nitrogen and oxygen atoms in total. The van der Waals surface area contributed by atoms with Crippen molar-refractivity contribution in [2.24, 2.45) is 5.73 Å². The average molecular weight is 438 g/mol. The van der Waals surface area contributed by atoms with Crippen molar-refractivity contribution in [1.82, 2.24) is 20.2 Å². The molecule has 1 aliphatic heterocycles. The van der Waals surface area contributed by atoms with E-state index in [0.29, 0.717) is 30.8 Å². The number of amides is 1. The molecule has 162 valence electrons. The van der Waals surface area contributed by atoms with Crippen molar-refractivity contribution in [2.75, 3.05) is 7.11 Å². The van der Waals surface area contributed by atoms with E-state index in [2.05, 4.69) is 10.4 Å². The third-order valence-corrected chi connectivity index (χ3v) is 6.93.